The number of halogens is 2. The number of rotatable bonds is 4. The highest BCUT2D eigenvalue weighted by Crippen LogP contribution is 2.34. The van der Waals surface area contributed by atoms with Gasteiger partial charge in [0.05, 0.1) is 17.9 Å². The van der Waals surface area contributed by atoms with Crippen molar-refractivity contribution in [3.05, 3.63) is 56.7 Å². The van der Waals surface area contributed by atoms with Crippen molar-refractivity contribution in [3.63, 3.8) is 0 Å². The number of aromatic nitrogens is 1. The summed E-state index contributed by atoms with van der Waals surface area (Å²) >= 11 is 7.01. The Kier molecular flexibility index (Phi) is 5.97. The van der Waals surface area contributed by atoms with E-state index in [2.05, 4.69) is 61.3 Å². The third-order valence-electron chi connectivity index (χ3n) is 3.13. The van der Waals surface area contributed by atoms with E-state index < -0.39 is 0 Å². The van der Waals surface area contributed by atoms with Crippen molar-refractivity contribution in [3.8, 4) is 0 Å². The van der Waals surface area contributed by atoms with Gasteiger partial charge < -0.3 is 10.6 Å². The van der Waals surface area contributed by atoms with Gasteiger partial charge in [-0.05, 0) is 67.6 Å². The Bertz CT molecular complexity index is 637. The first-order valence-corrected chi connectivity index (χ1v) is 8.49. The van der Waals surface area contributed by atoms with Gasteiger partial charge in [-0.15, -0.1) is 0 Å². The molecule has 1 heterocycles. The van der Waals surface area contributed by atoms with Gasteiger partial charge in [-0.3, -0.25) is 4.98 Å². The van der Waals surface area contributed by atoms with Gasteiger partial charge in [0.2, 0.25) is 0 Å². The van der Waals surface area contributed by atoms with Crippen LogP contribution in [-0.4, -0.2) is 11.0 Å². The summed E-state index contributed by atoms with van der Waals surface area (Å²) in [6.07, 6.45) is 1.70. The lowest BCUT2D eigenvalue weighted by atomic mass is 10.0. The average Bonchev–Trinajstić information content (AvgIpc) is 2.49. The molecule has 0 bridgehead atoms. The van der Waals surface area contributed by atoms with Crippen LogP contribution in [0.3, 0.4) is 0 Å². The first kappa shape index (κ1) is 17.0. The maximum absolute atomic E-state index is 12.0. The van der Waals surface area contributed by atoms with E-state index in [0.717, 1.165) is 14.6 Å². The molecule has 0 saturated heterocycles. The molecule has 0 saturated carbocycles. The van der Waals surface area contributed by atoms with Crippen LogP contribution < -0.4 is 10.6 Å². The molecular weight excluding hydrogens is 410 g/mol. The molecule has 1 aromatic heterocycles. The van der Waals surface area contributed by atoms with E-state index in [1.54, 1.807) is 6.20 Å². The molecule has 1 aromatic carbocycles. The van der Waals surface area contributed by atoms with Crippen molar-refractivity contribution >= 4 is 43.6 Å². The number of pyridine rings is 1. The largest absolute Gasteiger partial charge is 0.332 e. The molecule has 2 amide bonds. The van der Waals surface area contributed by atoms with Crippen molar-refractivity contribution in [2.24, 2.45) is 0 Å². The highest BCUT2D eigenvalue weighted by molar-refractivity contribution is 9.11. The molecule has 0 spiro atoms. The zero-order valence-electron chi connectivity index (χ0n) is 12.4. The maximum atomic E-state index is 12.0. The Morgan fingerprint density at radius 3 is 2.45 bits per heavy atom. The SMILES string of the molecule is CC(C)c1cc(Br)c(NC(=O)NCc2ccccn2)c(Br)c1. The van der Waals surface area contributed by atoms with Gasteiger partial charge in [0.1, 0.15) is 0 Å². The predicted octanol–water partition coefficient (Wildman–Crippen LogP) is 5.05. The summed E-state index contributed by atoms with van der Waals surface area (Å²) in [5.41, 5.74) is 2.71. The van der Waals surface area contributed by atoms with Gasteiger partial charge >= 0.3 is 6.03 Å². The summed E-state index contributed by atoms with van der Waals surface area (Å²) < 4.78 is 1.69. The molecule has 2 rings (SSSR count). The minimum absolute atomic E-state index is 0.274. The summed E-state index contributed by atoms with van der Waals surface area (Å²) in [6.45, 7) is 4.63. The van der Waals surface area contributed by atoms with Crippen molar-refractivity contribution in [2.45, 2.75) is 26.3 Å². The first-order valence-electron chi connectivity index (χ1n) is 6.91. The van der Waals surface area contributed by atoms with E-state index in [-0.39, 0.29) is 6.03 Å². The van der Waals surface area contributed by atoms with E-state index >= 15 is 0 Å². The Morgan fingerprint density at radius 1 is 1.23 bits per heavy atom. The zero-order chi connectivity index (χ0) is 16.1. The van der Waals surface area contributed by atoms with Crippen molar-refractivity contribution in [1.29, 1.82) is 0 Å². The van der Waals surface area contributed by atoms with Gasteiger partial charge in [0, 0.05) is 15.1 Å². The number of carbonyl (C=O) groups is 1. The third-order valence-corrected chi connectivity index (χ3v) is 4.38. The molecule has 0 aliphatic rings. The van der Waals surface area contributed by atoms with E-state index in [4.69, 9.17) is 0 Å². The molecule has 0 unspecified atom stereocenters. The van der Waals surface area contributed by atoms with Gasteiger partial charge in [-0.1, -0.05) is 19.9 Å². The molecule has 4 nitrogen and oxygen atoms in total. The van der Waals surface area contributed by atoms with E-state index in [1.807, 2.05) is 30.3 Å². The minimum Gasteiger partial charge on any atom is -0.332 e. The van der Waals surface area contributed by atoms with Crippen LogP contribution in [-0.2, 0) is 6.54 Å². The number of carbonyl (C=O) groups excluding carboxylic acids is 1. The topological polar surface area (TPSA) is 54.0 Å². The first-order chi connectivity index (χ1) is 10.5. The van der Waals surface area contributed by atoms with E-state index in [1.165, 1.54) is 5.56 Å². The van der Waals surface area contributed by atoms with Crippen molar-refractivity contribution in [1.82, 2.24) is 10.3 Å². The summed E-state index contributed by atoms with van der Waals surface area (Å²) in [6, 6.07) is 9.36. The second kappa shape index (κ2) is 7.74. The summed E-state index contributed by atoms with van der Waals surface area (Å²) in [7, 11) is 0. The van der Waals surface area contributed by atoms with Crippen LogP contribution in [0.4, 0.5) is 10.5 Å². The fourth-order valence-corrected chi connectivity index (χ4v) is 3.30. The second-order valence-electron chi connectivity index (χ2n) is 5.14. The number of amides is 2. The normalized spacial score (nSPS) is 10.6. The number of nitrogens with one attached hydrogen (secondary N) is 2. The summed E-state index contributed by atoms with van der Waals surface area (Å²) in [5, 5.41) is 5.63. The summed E-state index contributed by atoms with van der Waals surface area (Å²) in [4.78, 5) is 16.2. The number of benzene rings is 1. The molecule has 6 heteroatoms. The lowest BCUT2D eigenvalue weighted by molar-refractivity contribution is 0.251. The number of nitrogens with zero attached hydrogens (tertiary/aromatic N) is 1. The van der Waals surface area contributed by atoms with Crippen molar-refractivity contribution in [2.75, 3.05) is 5.32 Å². The fraction of sp³-hybridized carbons (Fsp3) is 0.250. The zero-order valence-corrected chi connectivity index (χ0v) is 15.5. The van der Waals surface area contributed by atoms with Crippen LogP contribution in [0.2, 0.25) is 0 Å². The molecule has 0 atom stereocenters. The molecule has 0 radical (unpaired) electrons. The minimum atomic E-state index is -0.274. The van der Waals surface area contributed by atoms with Crippen LogP contribution in [0.25, 0.3) is 0 Å². The van der Waals surface area contributed by atoms with Gasteiger partial charge in [-0.25, -0.2) is 4.79 Å². The number of anilines is 1. The van der Waals surface area contributed by atoms with Crippen LogP contribution in [0.15, 0.2) is 45.5 Å². The third kappa shape index (κ3) is 4.55. The Labute approximate surface area is 147 Å². The van der Waals surface area contributed by atoms with Crippen LogP contribution in [0.5, 0.6) is 0 Å². The standard InChI is InChI=1S/C16H17Br2N3O/c1-10(2)11-7-13(17)15(14(18)8-11)21-16(22)20-9-12-5-3-4-6-19-12/h3-8,10H,9H2,1-2H3,(H2,20,21,22). The second-order valence-corrected chi connectivity index (χ2v) is 6.85. The molecule has 2 N–H and O–H groups in total. The number of hydrogen-bond acceptors (Lipinski definition) is 2. The van der Waals surface area contributed by atoms with E-state index in [9.17, 15) is 4.79 Å². The lowest BCUT2D eigenvalue weighted by Crippen LogP contribution is -2.28. The maximum Gasteiger partial charge on any atom is 0.319 e. The highest BCUT2D eigenvalue weighted by Gasteiger charge is 2.12. The number of urea groups is 1. The van der Waals surface area contributed by atoms with Crippen molar-refractivity contribution < 1.29 is 4.79 Å². The molecule has 0 fully saturated rings. The molecule has 0 aliphatic carbocycles. The fourth-order valence-electron chi connectivity index (χ4n) is 1.88. The number of hydrogen-bond donors (Lipinski definition) is 2. The van der Waals surface area contributed by atoms with Gasteiger partial charge in [-0.2, -0.15) is 0 Å². The van der Waals surface area contributed by atoms with E-state index in [0.29, 0.717) is 18.2 Å². The highest BCUT2D eigenvalue weighted by atomic mass is 79.9. The van der Waals surface area contributed by atoms with Gasteiger partial charge in [0.25, 0.3) is 0 Å². The summed E-state index contributed by atoms with van der Waals surface area (Å²) in [5.74, 6) is 0.416. The molecule has 0 aliphatic heterocycles. The Hall–Kier alpha value is -1.40. The monoisotopic (exact) mass is 425 g/mol. The smallest absolute Gasteiger partial charge is 0.319 e. The Balaban J connectivity index is 2.02. The van der Waals surface area contributed by atoms with Crippen LogP contribution >= 0.6 is 31.9 Å². The lowest BCUT2D eigenvalue weighted by Gasteiger charge is -2.14. The average molecular weight is 427 g/mol. The molecule has 22 heavy (non-hydrogen) atoms. The predicted molar refractivity (Wildman–Crippen MR) is 96.0 cm³/mol. The van der Waals surface area contributed by atoms with Gasteiger partial charge in [0.15, 0.2) is 0 Å². The molecule has 2 aromatic rings. The molecule has 116 valence electrons. The van der Waals surface area contributed by atoms with Crippen LogP contribution in [0.1, 0.15) is 31.0 Å². The molecular formula is C16H17Br2N3O. The quantitative estimate of drug-likeness (QED) is 0.718. The Morgan fingerprint density at radius 2 is 1.91 bits per heavy atom. The van der Waals surface area contributed by atoms with Crippen LogP contribution in [0, 0.1) is 0 Å².